The number of amides is 3. The Kier molecular flexibility index (Phi) is 5.61. The van der Waals surface area contributed by atoms with Crippen molar-refractivity contribution in [1.29, 1.82) is 0 Å². The topological polar surface area (TPSA) is 52.6 Å². The maximum atomic E-state index is 12.6. The molecule has 3 amide bonds. The Hall–Kier alpha value is -2.04. The number of benzene rings is 1. The minimum Gasteiger partial charge on any atom is -0.352 e. The van der Waals surface area contributed by atoms with E-state index in [0.29, 0.717) is 25.6 Å². The monoisotopic (exact) mass is 343 g/mol. The Morgan fingerprint density at radius 1 is 1.16 bits per heavy atom. The van der Waals surface area contributed by atoms with Crippen molar-refractivity contribution in [2.45, 2.75) is 52.1 Å². The quantitative estimate of drug-likeness (QED) is 0.894. The molecule has 2 atom stereocenters. The van der Waals surface area contributed by atoms with Crippen molar-refractivity contribution in [3.05, 3.63) is 35.4 Å². The standard InChI is InChI=1S/C20H29N3O2/c1-15-7-3-5-9-17(15)13-22-11-12-23(20(22)25)14-19(24)21-18-10-6-4-8-16(18)2/h3,5,7,9,16,18H,4,6,8,10-14H2,1-2H3,(H,21,24)/t16-,18-/m1/s1. The average Bonchev–Trinajstić information content (AvgIpc) is 2.92. The van der Waals surface area contributed by atoms with E-state index in [1.54, 1.807) is 4.90 Å². The highest BCUT2D eigenvalue weighted by Crippen LogP contribution is 2.23. The summed E-state index contributed by atoms with van der Waals surface area (Å²) in [5, 5.41) is 3.14. The van der Waals surface area contributed by atoms with Gasteiger partial charge in [-0.05, 0) is 36.8 Å². The third-order valence-electron chi connectivity index (χ3n) is 5.60. The molecule has 1 aromatic carbocycles. The van der Waals surface area contributed by atoms with Crippen LogP contribution in [0.3, 0.4) is 0 Å². The van der Waals surface area contributed by atoms with Crippen LogP contribution in [-0.2, 0) is 11.3 Å². The second kappa shape index (κ2) is 7.89. The van der Waals surface area contributed by atoms with Crippen molar-refractivity contribution < 1.29 is 9.59 Å². The Bertz CT molecular complexity index is 631. The third-order valence-corrected chi connectivity index (χ3v) is 5.60. The number of urea groups is 1. The van der Waals surface area contributed by atoms with Crippen molar-refractivity contribution in [2.24, 2.45) is 5.92 Å². The maximum Gasteiger partial charge on any atom is 0.320 e. The van der Waals surface area contributed by atoms with Crippen LogP contribution in [0.2, 0.25) is 0 Å². The zero-order valence-corrected chi connectivity index (χ0v) is 15.3. The first kappa shape index (κ1) is 17.8. The van der Waals surface area contributed by atoms with Gasteiger partial charge in [-0.25, -0.2) is 4.79 Å². The fraction of sp³-hybridized carbons (Fsp3) is 0.600. The average molecular weight is 343 g/mol. The minimum absolute atomic E-state index is 0.0233. The molecule has 1 heterocycles. The molecular weight excluding hydrogens is 314 g/mol. The van der Waals surface area contributed by atoms with E-state index in [0.717, 1.165) is 12.0 Å². The highest BCUT2D eigenvalue weighted by Gasteiger charge is 2.31. The van der Waals surface area contributed by atoms with Gasteiger partial charge in [0.25, 0.3) is 0 Å². The van der Waals surface area contributed by atoms with Crippen LogP contribution in [0.15, 0.2) is 24.3 Å². The third kappa shape index (κ3) is 4.33. The molecule has 3 rings (SSSR count). The molecule has 2 aliphatic rings. The number of carbonyl (C=O) groups excluding carboxylic acids is 2. The lowest BCUT2D eigenvalue weighted by Gasteiger charge is -2.30. The molecule has 0 radical (unpaired) electrons. The molecular formula is C20H29N3O2. The normalized spacial score (nSPS) is 23.8. The van der Waals surface area contributed by atoms with Crippen LogP contribution >= 0.6 is 0 Å². The summed E-state index contributed by atoms with van der Waals surface area (Å²) in [6.07, 6.45) is 4.67. The lowest BCUT2D eigenvalue weighted by molar-refractivity contribution is -0.122. The van der Waals surface area contributed by atoms with Crippen molar-refractivity contribution >= 4 is 11.9 Å². The van der Waals surface area contributed by atoms with Gasteiger partial charge in [0.05, 0.1) is 0 Å². The van der Waals surface area contributed by atoms with Gasteiger partial charge in [-0.3, -0.25) is 4.79 Å². The number of aryl methyl sites for hydroxylation is 1. The second-order valence-electron chi connectivity index (χ2n) is 7.49. The number of nitrogens with one attached hydrogen (secondary N) is 1. The molecule has 0 aromatic heterocycles. The second-order valence-corrected chi connectivity index (χ2v) is 7.49. The molecule has 1 N–H and O–H groups in total. The van der Waals surface area contributed by atoms with Gasteiger partial charge >= 0.3 is 6.03 Å². The van der Waals surface area contributed by atoms with Crippen LogP contribution in [0.5, 0.6) is 0 Å². The maximum absolute atomic E-state index is 12.6. The van der Waals surface area contributed by atoms with Crippen LogP contribution in [0.4, 0.5) is 4.79 Å². The SMILES string of the molecule is Cc1ccccc1CN1CCN(CC(=O)N[C@@H]2CCCC[C@H]2C)C1=O. The van der Waals surface area contributed by atoms with E-state index in [2.05, 4.69) is 31.3 Å². The molecule has 1 aromatic rings. The zero-order chi connectivity index (χ0) is 17.8. The lowest BCUT2D eigenvalue weighted by atomic mass is 9.86. The molecule has 0 spiro atoms. The smallest absolute Gasteiger partial charge is 0.320 e. The number of nitrogens with zero attached hydrogens (tertiary/aromatic N) is 2. The predicted octanol–water partition coefficient (Wildman–Crippen LogP) is 2.93. The molecule has 1 aliphatic carbocycles. The first-order chi connectivity index (χ1) is 12.0. The van der Waals surface area contributed by atoms with E-state index in [1.165, 1.54) is 24.8 Å². The molecule has 1 aliphatic heterocycles. The molecule has 25 heavy (non-hydrogen) atoms. The molecule has 1 saturated heterocycles. The molecule has 0 bridgehead atoms. The minimum atomic E-state index is -0.0323. The fourth-order valence-corrected chi connectivity index (χ4v) is 3.88. The van der Waals surface area contributed by atoms with Crippen LogP contribution in [-0.4, -0.2) is 47.4 Å². The van der Waals surface area contributed by atoms with Crippen molar-refractivity contribution in [3.8, 4) is 0 Å². The summed E-state index contributed by atoms with van der Waals surface area (Å²) in [5.74, 6) is 0.509. The van der Waals surface area contributed by atoms with Crippen molar-refractivity contribution in [3.63, 3.8) is 0 Å². The number of carbonyl (C=O) groups is 2. The Labute approximate surface area is 150 Å². The van der Waals surface area contributed by atoms with E-state index in [9.17, 15) is 9.59 Å². The largest absolute Gasteiger partial charge is 0.352 e. The van der Waals surface area contributed by atoms with E-state index in [1.807, 2.05) is 17.0 Å². The van der Waals surface area contributed by atoms with Gasteiger partial charge in [-0.15, -0.1) is 0 Å². The van der Waals surface area contributed by atoms with E-state index in [-0.39, 0.29) is 24.5 Å². The molecule has 136 valence electrons. The van der Waals surface area contributed by atoms with Crippen LogP contribution < -0.4 is 5.32 Å². The van der Waals surface area contributed by atoms with Gasteiger partial charge in [-0.1, -0.05) is 44.0 Å². The van der Waals surface area contributed by atoms with Crippen LogP contribution in [0.25, 0.3) is 0 Å². The van der Waals surface area contributed by atoms with Gasteiger partial charge in [0.1, 0.15) is 6.54 Å². The molecule has 5 nitrogen and oxygen atoms in total. The molecule has 1 saturated carbocycles. The Balaban J connectivity index is 1.51. The summed E-state index contributed by atoms with van der Waals surface area (Å²) in [5.41, 5.74) is 2.36. The summed E-state index contributed by atoms with van der Waals surface area (Å²) in [6, 6.07) is 8.36. The van der Waals surface area contributed by atoms with Gasteiger partial charge in [0, 0.05) is 25.7 Å². The Morgan fingerprint density at radius 3 is 2.64 bits per heavy atom. The summed E-state index contributed by atoms with van der Waals surface area (Å²) < 4.78 is 0. The Morgan fingerprint density at radius 2 is 1.88 bits per heavy atom. The van der Waals surface area contributed by atoms with E-state index in [4.69, 9.17) is 0 Å². The molecule has 2 fully saturated rings. The van der Waals surface area contributed by atoms with E-state index >= 15 is 0 Å². The van der Waals surface area contributed by atoms with Gasteiger partial charge in [0.15, 0.2) is 0 Å². The zero-order valence-electron chi connectivity index (χ0n) is 15.3. The summed E-state index contributed by atoms with van der Waals surface area (Å²) in [6.45, 7) is 6.36. The van der Waals surface area contributed by atoms with Gasteiger partial charge < -0.3 is 15.1 Å². The van der Waals surface area contributed by atoms with Gasteiger partial charge in [0.2, 0.25) is 5.91 Å². The lowest BCUT2D eigenvalue weighted by Crippen LogP contribution is -2.46. The molecule has 5 heteroatoms. The van der Waals surface area contributed by atoms with Gasteiger partial charge in [-0.2, -0.15) is 0 Å². The first-order valence-corrected chi connectivity index (χ1v) is 9.42. The van der Waals surface area contributed by atoms with Crippen LogP contribution in [0.1, 0.15) is 43.7 Å². The van der Waals surface area contributed by atoms with Crippen molar-refractivity contribution in [2.75, 3.05) is 19.6 Å². The highest BCUT2D eigenvalue weighted by molar-refractivity contribution is 5.85. The van der Waals surface area contributed by atoms with Crippen molar-refractivity contribution in [1.82, 2.24) is 15.1 Å². The fourth-order valence-electron chi connectivity index (χ4n) is 3.88. The number of hydrogen-bond donors (Lipinski definition) is 1. The predicted molar refractivity (Wildman–Crippen MR) is 98.1 cm³/mol. The van der Waals surface area contributed by atoms with E-state index < -0.39 is 0 Å². The molecule has 0 unspecified atom stereocenters. The number of rotatable bonds is 5. The first-order valence-electron chi connectivity index (χ1n) is 9.42. The summed E-state index contributed by atoms with van der Waals surface area (Å²) in [7, 11) is 0. The van der Waals surface area contributed by atoms with Crippen LogP contribution in [0, 0.1) is 12.8 Å². The summed E-state index contributed by atoms with van der Waals surface area (Å²) in [4.78, 5) is 28.4. The highest BCUT2D eigenvalue weighted by atomic mass is 16.2. The summed E-state index contributed by atoms with van der Waals surface area (Å²) >= 11 is 0. The number of hydrogen-bond acceptors (Lipinski definition) is 2.